The lowest BCUT2D eigenvalue weighted by Crippen LogP contribution is -2.40. The molecule has 3 nitrogen and oxygen atoms in total. The Labute approximate surface area is 92.8 Å². The number of rotatable bonds is 3. The van der Waals surface area contributed by atoms with Gasteiger partial charge in [-0.1, -0.05) is 0 Å². The zero-order valence-corrected chi connectivity index (χ0v) is 9.23. The molecule has 1 rings (SSSR count). The van der Waals surface area contributed by atoms with Crippen LogP contribution in [0.15, 0.2) is 0 Å². The van der Waals surface area contributed by atoms with Gasteiger partial charge in [0.2, 0.25) is 5.91 Å². The van der Waals surface area contributed by atoms with Gasteiger partial charge in [0.15, 0.2) is 0 Å². The molecular weight excluding hydrogens is 221 g/mol. The first-order valence-electron chi connectivity index (χ1n) is 5.46. The third-order valence-corrected chi connectivity index (χ3v) is 2.54. The van der Waals surface area contributed by atoms with Crippen LogP contribution in [0.1, 0.15) is 32.6 Å². The standard InChI is InChI=1S/C10H17F3N2O/c1-7(6-10(11,12)13)15-8-3-2-4-14-9(16)5-8/h7-8,15H,2-6H2,1H3,(H,14,16). The predicted octanol–water partition coefficient (Wildman–Crippen LogP) is 1.59. The van der Waals surface area contributed by atoms with Crippen molar-refractivity contribution in [3.8, 4) is 0 Å². The van der Waals surface area contributed by atoms with Gasteiger partial charge in [0.25, 0.3) is 0 Å². The lowest BCUT2D eigenvalue weighted by atomic mass is 10.1. The van der Waals surface area contributed by atoms with Crippen LogP contribution < -0.4 is 10.6 Å². The van der Waals surface area contributed by atoms with E-state index in [4.69, 9.17) is 0 Å². The summed E-state index contributed by atoms with van der Waals surface area (Å²) in [5, 5.41) is 5.56. The Morgan fingerprint density at radius 3 is 2.88 bits per heavy atom. The minimum absolute atomic E-state index is 0.0887. The molecule has 2 N–H and O–H groups in total. The molecule has 0 aromatic carbocycles. The maximum atomic E-state index is 12.1. The SMILES string of the molecule is CC(CC(F)(F)F)NC1CCCNC(=O)C1. The Balaban J connectivity index is 2.37. The molecule has 0 bridgehead atoms. The second kappa shape index (κ2) is 5.52. The molecule has 1 fully saturated rings. The summed E-state index contributed by atoms with van der Waals surface area (Å²) in [6, 6.07) is -0.782. The second-order valence-corrected chi connectivity index (χ2v) is 4.28. The fourth-order valence-corrected chi connectivity index (χ4v) is 1.93. The highest BCUT2D eigenvalue weighted by atomic mass is 19.4. The Morgan fingerprint density at radius 1 is 1.56 bits per heavy atom. The summed E-state index contributed by atoms with van der Waals surface area (Å²) >= 11 is 0. The van der Waals surface area contributed by atoms with Crippen molar-refractivity contribution in [1.82, 2.24) is 10.6 Å². The number of carbonyl (C=O) groups is 1. The van der Waals surface area contributed by atoms with Crippen molar-refractivity contribution < 1.29 is 18.0 Å². The largest absolute Gasteiger partial charge is 0.390 e. The monoisotopic (exact) mass is 238 g/mol. The Kier molecular flexibility index (Phi) is 4.58. The van der Waals surface area contributed by atoms with Crippen molar-refractivity contribution in [2.45, 2.75) is 50.9 Å². The van der Waals surface area contributed by atoms with E-state index in [0.29, 0.717) is 6.54 Å². The maximum Gasteiger partial charge on any atom is 0.390 e. The molecule has 0 aromatic rings. The molecule has 0 aliphatic carbocycles. The Bertz CT molecular complexity index is 243. The average molecular weight is 238 g/mol. The molecule has 0 aromatic heterocycles. The molecule has 1 aliphatic heterocycles. The number of alkyl halides is 3. The second-order valence-electron chi connectivity index (χ2n) is 4.28. The number of carbonyl (C=O) groups excluding carboxylic acids is 1. The van der Waals surface area contributed by atoms with Crippen molar-refractivity contribution >= 4 is 5.91 Å². The van der Waals surface area contributed by atoms with Crippen LogP contribution in [0.5, 0.6) is 0 Å². The van der Waals surface area contributed by atoms with Crippen LogP contribution in [0.4, 0.5) is 13.2 Å². The molecule has 1 saturated heterocycles. The van der Waals surface area contributed by atoms with Gasteiger partial charge in [0, 0.05) is 25.0 Å². The minimum atomic E-state index is -4.15. The number of hydrogen-bond donors (Lipinski definition) is 2. The minimum Gasteiger partial charge on any atom is -0.356 e. The predicted molar refractivity (Wildman–Crippen MR) is 53.9 cm³/mol. The van der Waals surface area contributed by atoms with Crippen molar-refractivity contribution in [3.05, 3.63) is 0 Å². The van der Waals surface area contributed by atoms with Gasteiger partial charge >= 0.3 is 6.18 Å². The van der Waals surface area contributed by atoms with Crippen LogP contribution in [-0.2, 0) is 4.79 Å². The van der Waals surface area contributed by atoms with Crippen LogP contribution in [0, 0.1) is 0 Å². The number of nitrogens with one attached hydrogen (secondary N) is 2. The molecule has 16 heavy (non-hydrogen) atoms. The maximum absolute atomic E-state index is 12.1. The molecule has 94 valence electrons. The zero-order valence-electron chi connectivity index (χ0n) is 9.23. The Hall–Kier alpha value is -0.780. The van der Waals surface area contributed by atoms with Crippen molar-refractivity contribution in [1.29, 1.82) is 0 Å². The quantitative estimate of drug-likeness (QED) is 0.784. The molecule has 2 atom stereocenters. The fraction of sp³-hybridized carbons (Fsp3) is 0.900. The molecule has 6 heteroatoms. The highest BCUT2D eigenvalue weighted by Crippen LogP contribution is 2.22. The van der Waals surface area contributed by atoms with Gasteiger partial charge in [-0.2, -0.15) is 13.2 Å². The Morgan fingerprint density at radius 2 is 2.25 bits per heavy atom. The van der Waals surface area contributed by atoms with Crippen LogP contribution >= 0.6 is 0 Å². The first-order chi connectivity index (χ1) is 7.37. The van der Waals surface area contributed by atoms with Gasteiger partial charge < -0.3 is 10.6 Å². The number of hydrogen-bond acceptors (Lipinski definition) is 2. The summed E-state index contributed by atoms with van der Waals surface area (Å²) in [4.78, 5) is 11.2. The summed E-state index contributed by atoms with van der Waals surface area (Å²) in [5.41, 5.74) is 0. The van der Waals surface area contributed by atoms with E-state index in [0.717, 1.165) is 12.8 Å². The van der Waals surface area contributed by atoms with Gasteiger partial charge in [0.05, 0.1) is 6.42 Å². The van der Waals surface area contributed by atoms with Gasteiger partial charge in [0.1, 0.15) is 0 Å². The van der Waals surface area contributed by atoms with Gasteiger partial charge in [-0.05, 0) is 19.8 Å². The van der Waals surface area contributed by atoms with E-state index in [2.05, 4.69) is 10.6 Å². The topological polar surface area (TPSA) is 41.1 Å². The highest BCUT2D eigenvalue weighted by molar-refractivity contribution is 5.76. The zero-order chi connectivity index (χ0) is 12.2. The summed E-state index contributed by atoms with van der Waals surface area (Å²) in [6.45, 7) is 2.11. The summed E-state index contributed by atoms with van der Waals surface area (Å²) in [6.07, 6.45) is -3.20. The third-order valence-electron chi connectivity index (χ3n) is 2.54. The number of amides is 1. The first-order valence-corrected chi connectivity index (χ1v) is 5.46. The van der Waals surface area contributed by atoms with Gasteiger partial charge in [-0.25, -0.2) is 0 Å². The van der Waals surface area contributed by atoms with Crippen LogP contribution in [0.3, 0.4) is 0 Å². The van der Waals surface area contributed by atoms with Crippen molar-refractivity contribution in [2.75, 3.05) is 6.54 Å². The highest BCUT2D eigenvalue weighted by Gasteiger charge is 2.31. The van der Waals surface area contributed by atoms with E-state index in [1.165, 1.54) is 6.92 Å². The van der Waals surface area contributed by atoms with Crippen LogP contribution in [0.25, 0.3) is 0 Å². The molecular formula is C10H17F3N2O. The van der Waals surface area contributed by atoms with E-state index < -0.39 is 18.6 Å². The van der Waals surface area contributed by atoms with E-state index in [-0.39, 0.29) is 18.4 Å². The molecule has 0 spiro atoms. The molecule has 0 saturated carbocycles. The first kappa shape index (κ1) is 13.3. The van der Waals surface area contributed by atoms with Gasteiger partial charge in [-0.15, -0.1) is 0 Å². The molecule has 2 unspecified atom stereocenters. The normalized spacial score (nSPS) is 24.8. The lowest BCUT2D eigenvalue weighted by molar-refractivity contribution is -0.139. The fourth-order valence-electron chi connectivity index (χ4n) is 1.93. The summed E-state index contributed by atoms with van der Waals surface area (Å²) < 4.78 is 36.3. The molecule has 1 heterocycles. The molecule has 0 radical (unpaired) electrons. The summed E-state index contributed by atoms with van der Waals surface area (Å²) in [5.74, 6) is -0.0887. The number of halogens is 3. The van der Waals surface area contributed by atoms with Crippen LogP contribution in [0.2, 0.25) is 0 Å². The van der Waals surface area contributed by atoms with E-state index >= 15 is 0 Å². The van der Waals surface area contributed by atoms with Crippen LogP contribution in [-0.4, -0.2) is 30.7 Å². The average Bonchev–Trinajstić information content (AvgIpc) is 2.26. The molecule has 1 aliphatic rings. The van der Waals surface area contributed by atoms with E-state index in [1.807, 2.05) is 0 Å². The van der Waals surface area contributed by atoms with Crippen molar-refractivity contribution in [2.24, 2.45) is 0 Å². The lowest BCUT2D eigenvalue weighted by Gasteiger charge is -2.22. The summed E-state index contributed by atoms with van der Waals surface area (Å²) in [7, 11) is 0. The van der Waals surface area contributed by atoms with Crippen molar-refractivity contribution in [3.63, 3.8) is 0 Å². The third kappa shape index (κ3) is 5.34. The van der Waals surface area contributed by atoms with E-state index in [9.17, 15) is 18.0 Å². The van der Waals surface area contributed by atoms with E-state index in [1.54, 1.807) is 0 Å². The van der Waals surface area contributed by atoms with Gasteiger partial charge in [-0.3, -0.25) is 4.79 Å². The molecule has 1 amide bonds. The smallest absolute Gasteiger partial charge is 0.356 e.